The summed E-state index contributed by atoms with van der Waals surface area (Å²) in [7, 11) is 0. The SMILES string of the molecule is CCC(C)C(=O)O[C@@H]1c2c(cc(O)c3c2C(=O)c2cccc(O)c2-3)C(=O)[C@@]2(C)O[C@@H]12. The van der Waals surface area contributed by atoms with E-state index in [1.165, 1.54) is 18.2 Å². The third kappa shape index (κ3) is 2.21. The molecule has 1 aliphatic heterocycles. The average molecular weight is 408 g/mol. The van der Waals surface area contributed by atoms with Crippen LogP contribution in [0.25, 0.3) is 11.1 Å². The van der Waals surface area contributed by atoms with Crippen molar-refractivity contribution in [2.45, 2.75) is 45.0 Å². The van der Waals surface area contributed by atoms with Gasteiger partial charge in [0.2, 0.25) is 0 Å². The Morgan fingerprint density at radius 2 is 1.90 bits per heavy atom. The maximum Gasteiger partial charge on any atom is 0.309 e. The molecule has 154 valence electrons. The molecule has 0 amide bonds. The number of fused-ring (bicyclic) bond motifs is 6. The van der Waals surface area contributed by atoms with Crippen LogP contribution in [0.4, 0.5) is 0 Å². The Hall–Kier alpha value is -3.19. The summed E-state index contributed by atoms with van der Waals surface area (Å²) in [6, 6.07) is 5.78. The van der Waals surface area contributed by atoms with Crippen molar-refractivity contribution in [2.24, 2.45) is 5.92 Å². The van der Waals surface area contributed by atoms with Crippen LogP contribution in [0.15, 0.2) is 24.3 Å². The Morgan fingerprint density at radius 1 is 1.17 bits per heavy atom. The van der Waals surface area contributed by atoms with Gasteiger partial charge in [0.25, 0.3) is 0 Å². The van der Waals surface area contributed by atoms with E-state index in [2.05, 4.69) is 0 Å². The number of hydrogen-bond donors (Lipinski definition) is 2. The van der Waals surface area contributed by atoms with Gasteiger partial charge in [-0.2, -0.15) is 0 Å². The van der Waals surface area contributed by atoms with Gasteiger partial charge < -0.3 is 19.7 Å². The molecule has 1 saturated heterocycles. The number of phenolic OH excluding ortho intramolecular Hbond substituents is 2. The highest BCUT2D eigenvalue weighted by Crippen LogP contribution is 2.58. The van der Waals surface area contributed by atoms with Gasteiger partial charge in [-0.25, -0.2) is 0 Å². The first-order valence-electron chi connectivity index (χ1n) is 9.90. The van der Waals surface area contributed by atoms with Gasteiger partial charge in [0.15, 0.2) is 23.3 Å². The fraction of sp³-hybridized carbons (Fsp3) is 0.348. The predicted octanol–water partition coefficient (Wildman–Crippen LogP) is 3.29. The van der Waals surface area contributed by atoms with Crippen molar-refractivity contribution in [3.63, 3.8) is 0 Å². The molecular weight excluding hydrogens is 388 g/mol. The van der Waals surface area contributed by atoms with Crippen molar-refractivity contribution in [3.05, 3.63) is 46.5 Å². The van der Waals surface area contributed by atoms with E-state index in [-0.39, 0.29) is 56.6 Å². The minimum atomic E-state index is -1.16. The Kier molecular flexibility index (Phi) is 3.71. The molecule has 2 aromatic rings. The fourth-order valence-electron chi connectivity index (χ4n) is 4.49. The summed E-state index contributed by atoms with van der Waals surface area (Å²) in [5.74, 6) is -2.07. The molecule has 7 heteroatoms. The van der Waals surface area contributed by atoms with Gasteiger partial charge in [0.1, 0.15) is 17.6 Å². The largest absolute Gasteiger partial charge is 0.507 e. The Bertz CT molecular complexity index is 1160. The summed E-state index contributed by atoms with van der Waals surface area (Å²) < 4.78 is 11.4. The number of ether oxygens (including phenoxy) is 2. The van der Waals surface area contributed by atoms with E-state index in [4.69, 9.17) is 9.47 Å². The van der Waals surface area contributed by atoms with Crippen LogP contribution in [-0.2, 0) is 14.3 Å². The maximum atomic E-state index is 13.3. The summed E-state index contributed by atoms with van der Waals surface area (Å²) in [5, 5.41) is 21.1. The Labute approximate surface area is 172 Å². The van der Waals surface area contributed by atoms with E-state index in [0.29, 0.717) is 6.42 Å². The third-order valence-corrected chi connectivity index (χ3v) is 6.48. The number of rotatable bonds is 3. The first-order valence-corrected chi connectivity index (χ1v) is 9.90. The number of carbonyl (C=O) groups excluding carboxylic acids is 3. The number of epoxide rings is 1. The molecule has 7 nitrogen and oxygen atoms in total. The van der Waals surface area contributed by atoms with Gasteiger partial charge in [0.05, 0.1) is 5.92 Å². The second-order valence-electron chi connectivity index (χ2n) is 8.28. The zero-order chi connectivity index (χ0) is 21.5. The summed E-state index contributed by atoms with van der Waals surface area (Å²) in [6.07, 6.45) is -1.09. The van der Waals surface area contributed by atoms with Crippen LogP contribution in [-0.4, -0.2) is 39.5 Å². The number of Topliss-reactive ketones (excluding diaryl/α,β-unsaturated/α-hetero) is 1. The molecule has 1 unspecified atom stereocenters. The number of benzene rings is 2. The van der Waals surface area contributed by atoms with Gasteiger partial charge in [-0.15, -0.1) is 0 Å². The topological polar surface area (TPSA) is 113 Å². The molecule has 0 bridgehead atoms. The predicted molar refractivity (Wildman–Crippen MR) is 105 cm³/mol. The van der Waals surface area contributed by atoms with E-state index in [0.717, 1.165) is 0 Å². The summed E-state index contributed by atoms with van der Waals surface area (Å²) in [5.41, 5.74) is -0.163. The molecule has 3 aliphatic rings. The lowest BCUT2D eigenvalue weighted by atomic mass is 9.78. The van der Waals surface area contributed by atoms with Crippen molar-refractivity contribution >= 4 is 17.5 Å². The number of hydrogen-bond acceptors (Lipinski definition) is 7. The maximum absolute atomic E-state index is 13.3. The van der Waals surface area contributed by atoms with E-state index in [1.54, 1.807) is 19.9 Å². The number of carbonyl (C=O) groups is 3. The zero-order valence-corrected chi connectivity index (χ0v) is 16.7. The Morgan fingerprint density at radius 3 is 2.60 bits per heavy atom. The number of ketones is 2. The van der Waals surface area contributed by atoms with Crippen LogP contribution in [0.1, 0.15) is 65.1 Å². The molecule has 4 atom stereocenters. The fourth-order valence-corrected chi connectivity index (χ4v) is 4.49. The highest BCUT2D eigenvalue weighted by Gasteiger charge is 2.68. The van der Waals surface area contributed by atoms with Crippen LogP contribution in [0.3, 0.4) is 0 Å². The smallest absolute Gasteiger partial charge is 0.309 e. The highest BCUT2D eigenvalue weighted by atomic mass is 16.6. The molecular formula is C23H20O7. The van der Waals surface area contributed by atoms with Crippen molar-refractivity contribution in [1.82, 2.24) is 0 Å². The molecule has 0 spiro atoms. The summed E-state index contributed by atoms with van der Waals surface area (Å²) >= 11 is 0. The minimum Gasteiger partial charge on any atom is -0.507 e. The summed E-state index contributed by atoms with van der Waals surface area (Å²) in [6.45, 7) is 5.21. The van der Waals surface area contributed by atoms with Crippen molar-refractivity contribution in [2.75, 3.05) is 0 Å². The molecule has 2 aliphatic carbocycles. The molecule has 2 aromatic carbocycles. The molecule has 5 rings (SSSR count). The average Bonchev–Trinajstić information content (AvgIpc) is 3.33. The third-order valence-electron chi connectivity index (χ3n) is 6.48. The quantitative estimate of drug-likeness (QED) is 0.505. The van der Waals surface area contributed by atoms with E-state index >= 15 is 0 Å². The van der Waals surface area contributed by atoms with Gasteiger partial charge in [-0.05, 0) is 25.5 Å². The lowest BCUT2D eigenvalue weighted by molar-refractivity contribution is -0.155. The molecule has 0 aromatic heterocycles. The molecule has 1 fully saturated rings. The van der Waals surface area contributed by atoms with Gasteiger partial charge in [0, 0.05) is 33.4 Å². The van der Waals surface area contributed by atoms with E-state index in [1.807, 2.05) is 6.92 Å². The number of phenols is 2. The van der Waals surface area contributed by atoms with Gasteiger partial charge >= 0.3 is 5.97 Å². The first-order chi connectivity index (χ1) is 14.2. The van der Waals surface area contributed by atoms with Crippen molar-refractivity contribution in [1.29, 1.82) is 0 Å². The standard InChI is InChI=1S/C23H20O7/c1-4-9(2)22(28)29-19-15-11(20(27)23(3)21(19)30-23)8-13(25)16-14-10(18(26)17(15)16)6-5-7-12(14)24/h5-9,19,21,24-25H,4H2,1-3H3/t9?,19-,21+,23-/m1/s1. The number of esters is 1. The molecule has 1 heterocycles. The van der Waals surface area contributed by atoms with Crippen LogP contribution in [0, 0.1) is 5.92 Å². The highest BCUT2D eigenvalue weighted by molar-refractivity contribution is 6.26. The van der Waals surface area contributed by atoms with Crippen molar-refractivity contribution in [3.8, 4) is 22.6 Å². The van der Waals surface area contributed by atoms with Gasteiger partial charge in [-0.3, -0.25) is 14.4 Å². The van der Waals surface area contributed by atoms with Crippen LogP contribution < -0.4 is 0 Å². The van der Waals surface area contributed by atoms with Crippen LogP contribution >= 0.6 is 0 Å². The first kappa shape index (κ1) is 18.8. The van der Waals surface area contributed by atoms with E-state index in [9.17, 15) is 24.6 Å². The second kappa shape index (κ2) is 5.92. The van der Waals surface area contributed by atoms with Crippen LogP contribution in [0.2, 0.25) is 0 Å². The summed E-state index contributed by atoms with van der Waals surface area (Å²) in [4.78, 5) is 38.9. The lowest BCUT2D eigenvalue weighted by Gasteiger charge is -2.28. The van der Waals surface area contributed by atoms with Gasteiger partial charge in [-0.1, -0.05) is 26.0 Å². The Balaban J connectivity index is 1.76. The molecule has 0 saturated carbocycles. The van der Waals surface area contributed by atoms with Crippen molar-refractivity contribution < 1.29 is 34.1 Å². The second-order valence-corrected chi connectivity index (χ2v) is 8.28. The normalized spacial score (nSPS) is 26.4. The van der Waals surface area contributed by atoms with E-state index < -0.39 is 29.6 Å². The lowest BCUT2D eigenvalue weighted by Crippen LogP contribution is -2.36. The number of aromatic hydroxyl groups is 2. The minimum absolute atomic E-state index is 0.0781. The molecule has 2 N–H and O–H groups in total. The zero-order valence-electron chi connectivity index (χ0n) is 16.7. The molecule has 0 radical (unpaired) electrons. The van der Waals surface area contributed by atoms with Crippen LogP contribution in [0.5, 0.6) is 11.5 Å². The monoisotopic (exact) mass is 408 g/mol. The molecule has 30 heavy (non-hydrogen) atoms.